The average Bonchev–Trinajstić information content (AvgIpc) is 3.03. The van der Waals surface area contributed by atoms with Crippen LogP contribution in [0.5, 0.6) is 0 Å². The van der Waals surface area contributed by atoms with Crippen molar-refractivity contribution in [3.05, 3.63) is 71.8 Å². The van der Waals surface area contributed by atoms with Gasteiger partial charge in [-0.05, 0) is 11.1 Å². The lowest BCUT2D eigenvalue weighted by Gasteiger charge is -2.26. The van der Waals surface area contributed by atoms with Crippen LogP contribution < -0.4 is 17.0 Å². The van der Waals surface area contributed by atoms with E-state index in [1.807, 2.05) is 0 Å². The largest absolute Gasteiger partial charge is 1.00 e. The maximum atomic E-state index is 6.13. The molecule has 23 heavy (non-hydrogen) atoms. The van der Waals surface area contributed by atoms with Crippen LogP contribution in [-0.4, -0.2) is 30.7 Å². The Hall–Kier alpha value is -1.61. The third-order valence-electron chi connectivity index (χ3n) is 4.52. The summed E-state index contributed by atoms with van der Waals surface area (Å²) in [6.45, 7) is 3.99. The fourth-order valence-electron chi connectivity index (χ4n) is 3.55. The van der Waals surface area contributed by atoms with Gasteiger partial charge < -0.3 is 21.7 Å². The molecule has 1 fully saturated rings. The van der Waals surface area contributed by atoms with E-state index in [0.717, 1.165) is 31.9 Å². The summed E-state index contributed by atoms with van der Waals surface area (Å²) in [4.78, 5) is 0. The van der Waals surface area contributed by atoms with Gasteiger partial charge in [-0.15, -0.1) is 0 Å². The number of hydrogen-bond acceptors (Lipinski definition) is 1. The van der Waals surface area contributed by atoms with Crippen LogP contribution in [0.2, 0.25) is 0 Å². The van der Waals surface area contributed by atoms with Crippen molar-refractivity contribution in [2.24, 2.45) is 0 Å². The quantitative estimate of drug-likeness (QED) is 0.723. The van der Waals surface area contributed by atoms with Crippen LogP contribution >= 0.6 is 0 Å². The van der Waals surface area contributed by atoms with Crippen LogP contribution in [0.25, 0.3) is 0 Å². The lowest BCUT2D eigenvalue weighted by atomic mass is 9.73. The number of halogens is 1. The molecule has 0 unspecified atom stereocenters. The third kappa shape index (κ3) is 3.20. The summed E-state index contributed by atoms with van der Waals surface area (Å²) < 4.78 is 8.42. The van der Waals surface area contributed by atoms with Crippen molar-refractivity contribution < 1.29 is 26.3 Å². The first-order valence-electron chi connectivity index (χ1n) is 8.11. The maximum absolute atomic E-state index is 6.13. The maximum Gasteiger partial charge on any atom is 0.351 e. The van der Waals surface area contributed by atoms with Crippen molar-refractivity contribution in [1.82, 2.24) is 0 Å². The molecule has 122 valence electrons. The molecule has 1 aliphatic rings. The lowest BCUT2D eigenvalue weighted by molar-refractivity contribution is -0.507. The van der Waals surface area contributed by atoms with E-state index in [1.165, 1.54) is 11.1 Å². The Bertz CT molecular complexity index is 612. The fourth-order valence-corrected chi connectivity index (χ4v) is 3.55. The molecule has 3 heteroatoms. The highest BCUT2D eigenvalue weighted by Crippen LogP contribution is 2.41. The molecule has 0 radical (unpaired) electrons. The van der Waals surface area contributed by atoms with E-state index in [9.17, 15) is 0 Å². The van der Waals surface area contributed by atoms with Gasteiger partial charge in [0.25, 0.3) is 0 Å². The van der Waals surface area contributed by atoms with Crippen LogP contribution in [-0.2, 0) is 10.2 Å². The number of nitrogens with zero attached hydrogens (tertiary/aromatic N) is 1. The van der Waals surface area contributed by atoms with Crippen LogP contribution in [0.1, 0.15) is 30.9 Å². The summed E-state index contributed by atoms with van der Waals surface area (Å²) in [5, 5.41) is 0. The normalized spacial score (nSPS) is 18.0. The topological polar surface area (TPSA) is 12.2 Å². The molecular weight excluding hydrogens is 350 g/mol. The van der Waals surface area contributed by atoms with Gasteiger partial charge in [0.05, 0.1) is 6.61 Å². The fraction of sp³-hybridized carbons (Fsp3) is 0.350. The molecule has 0 bridgehead atoms. The minimum Gasteiger partial charge on any atom is -1.00 e. The van der Waals surface area contributed by atoms with E-state index < -0.39 is 0 Å². The van der Waals surface area contributed by atoms with Crippen LogP contribution in [0, 0.1) is 0 Å². The van der Waals surface area contributed by atoms with Gasteiger partial charge in [0.1, 0.15) is 19.0 Å². The van der Waals surface area contributed by atoms with Gasteiger partial charge in [0.2, 0.25) is 0 Å². The van der Waals surface area contributed by atoms with Crippen molar-refractivity contribution >= 4 is 5.90 Å². The predicted molar refractivity (Wildman–Crippen MR) is 90.6 cm³/mol. The molecule has 2 nitrogen and oxygen atoms in total. The zero-order chi connectivity index (χ0) is 15.4. The summed E-state index contributed by atoms with van der Waals surface area (Å²) in [7, 11) is 2.14. The molecule has 2 aromatic carbocycles. The SMILES string of the molecule is CCC[N+](C)=C1OCCC1(c1ccccc1)c1ccccc1.[Br-]. The van der Waals surface area contributed by atoms with Crippen molar-refractivity contribution in [2.45, 2.75) is 25.2 Å². The van der Waals surface area contributed by atoms with Gasteiger partial charge in [-0.1, -0.05) is 67.6 Å². The molecule has 1 saturated heterocycles. The molecular formula is C20H24BrNO. The molecule has 0 amide bonds. The molecule has 0 N–H and O–H groups in total. The van der Waals surface area contributed by atoms with Crippen molar-refractivity contribution in [3.8, 4) is 0 Å². The average molecular weight is 374 g/mol. The summed E-state index contributed by atoms with van der Waals surface area (Å²) >= 11 is 0. The molecule has 0 atom stereocenters. The molecule has 3 rings (SSSR count). The van der Waals surface area contributed by atoms with E-state index in [4.69, 9.17) is 4.74 Å². The Balaban J connectivity index is 0.00000192. The molecule has 1 aliphatic heterocycles. The molecule has 1 heterocycles. The third-order valence-corrected chi connectivity index (χ3v) is 4.52. The molecule has 0 aliphatic carbocycles. The zero-order valence-electron chi connectivity index (χ0n) is 13.8. The first-order valence-corrected chi connectivity index (χ1v) is 8.11. The van der Waals surface area contributed by atoms with Gasteiger partial charge in [-0.3, -0.25) is 0 Å². The number of hydrogen-bond donors (Lipinski definition) is 0. The molecule has 0 aromatic heterocycles. The second-order valence-corrected chi connectivity index (χ2v) is 5.96. The minimum atomic E-state index is -0.160. The lowest BCUT2D eigenvalue weighted by Crippen LogP contribution is -3.00. The minimum absolute atomic E-state index is 0. The number of benzene rings is 2. The van der Waals surface area contributed by atoms with Gasteiger partial charge in [-0.2, -0.15) is 0 Å². The van der Waals surface area contributed by atoms with Crippen LogP contribution in [0.15, 0.2) is 60.7 Å². The number of ether oxygens (including phenoxy) is 1. The van der Waals surface area contributed by atoms with Crippen molar-refractivity contribution in [3.63, 3.8) is 0 Å². The van der Waals surface area contributed by atoms with Gasteiger partial charge >= 0.3 is 5.90 Å². The Morgan fingerprint density at radius 1 is 0.957 bits per heavy atom. The standard InChI is InChI=1S/C20H24NO.BrH/c1-3-15-21(2)19-20(14-16-22-19,17-10-6-4-7-11-17)18-12-8-5-9-13-18;/h4-13H,3,14-16H2,1-2H3;1H/q+1;/p-1. The smallest absolute Gasteiger partial charge is 0.351 e. The van der Waals surface area contributed by atoms with E-state index in [-0.39, 0.29) is 22.4 Å². The predicted octanol–water partition coefficient (Wildman–Crippen LogP) is 0.848. The number of rotatable bonds is 4. The molecule has 0 spiro atoms. The van der Waals surface area contributed by atoms with Gasteiger partial charge in [0, 0.05) is 12.8 Å². The zero-order valence-corrected chi connectivity index (χ0v) is 15.4. The monoisotopic (exact) mass is 373 g/mol. The van der Waals surface area contributed by atoms with Crippen molar-refractivity contribution in [2.75, 3.05) is 20.2 Å². The second-order valence-electron chi connectivity index (χ2n) is 5.96. The Morgan fingerprint density at radius 3 is 1.96 bits per heavy atom. The first-order chi connectivity index (χ1) is 10.8. The summed E-state index contributed by atoms with van der Waals surface area (Å²) in [5.74, 6) is 1.09. The second kappa shape index (κ2) is 7.78. The first kappa shape index (κ1) is 17.7. The highest BCUT2D eigenvalue weighted by molar-refractivity contribution is 5.90. The van der Waals surface area contributed by atoms with Crippen molar-refractivity contribution in [1.29, 1.82) is 0 Å². The van der Waals surface area contributed by atoms with E-state index in [0.29, 0.717) is 0 Å². The van der Waals surface area contributed by atoms with E-state index in [1.54, 1.807) is 0 Å². The van der Waals surface area contributed by atoms with Gasteiger partial charge in [0.15, 0.2) is 0 Å². The molecule has 0 saturated carbocycles. The Morgan fingerprint density at radius 2 is 1.48 bits per heavy atom. The summed E-state index contributed by atoms with van der Waals surface area (Å²) in [6.07, 6.45) is 2.10. The van der Waals surface area contributed by atoms with E-state index >= 15 is 0 Å². The summed E-state index contributed by atoms with van der Waals surface area (Å²) in [5.41, 5.74) is 2.47. The van der Waals surface area contributed by atoms with Gasteiger partial charge in [-0.25, -0.2) is 4.58 Å². The molecule has 2 aromatic rings. The van der Waals surface area contributed by atoms with E-state index in [2.05, 4.69) is 79.2 Å². The van der Waals surface area contributed by atoms with Crippen LogP contribution in [0.4, 0.5) is 0 Å². The highest BCUT2D eigenvalue weighted by atomic mass is 79.9. The highest BCUT2D eigenvalue weighted by Gasteiger charge is 2.50. The Labute approximate surface area is 149 Å². The van der Waals surface area contributed by atoms with Crippen LogP contribution in [0.3, 0.4) is 0 Å². The summed E-state index contributed by atoms with van der Waals surface area (Å²) in [6, 6.07) is 21.5. The Kier molecular flexibility index (Phi) is 6.00.